The molecule has 0 atom stereocenters. The van der Waals surface area contributed by atoms with E-state index in [2.05, 4.69) is 32.3 Å². The van der Waals surface area contributed by atoms with Crippen molar-refractivity contribution < 1.29 is 9.53 Å². The average molecular weight is 479 g/mol. The van der Waals surface area contributed by atoms with Crippen LogP contribution < -0.4 is 10.1 Å². The number of likely N-dealkylation sites (tertiary alicyclic amines) is 1. The normalized spacial score (nSPS) is 15.5. The average Bonchev–Trinajstić information content (AvgIpc) is 2.96. The van der Waals surface area contributed by atoms with Gasteiger partial charge in [-0.05, 0) is 42.5 Å². The van der Waals surface area contributed by atoms with Crippen LogP contribution in [0.25, 0.3) is 0 Å². The molecule has 2 aromatic rings. The number of hydrogen-bond donors (Lipinski definition) is 1. The predicted molar refractivity (Wildman–Crippen MR) is 104 cm³/mol. The number of carbonyl (C=O) groups is 1. The quantitative estimate of drug-likeness (QED) is 0.676. The monoisotopic (exact) mass is 478 g/mol. The zero-order chi connectivity index (χ0) is 17.1. The van der Waals surface area contributed by atoms with E-state index in [4.69, 9.17) is 4.74 Å². The summed E-state index contributed by atoms with van der Waals surface area (Å²) in [6.45, 7) is 1.94. The van der Waals surface area contributed by atoms with Gasteiger partial charge in [-0.2, -0.15) is 5.10 Å². The molecule has 3 heterocycles. The van der Waals surface area contributed by atoms with E-state index in [1.165, 1.54) is 0 Å². The van der Waals surface area contributed by atoms with Crippen LogP contribution in [0.3, 0.4) is 0 Å². The maximum Gasteiger partial charge on any atom is 0.281 e. The number of rotatable bonds is 4. The number of nitrogens with one attached hydrogen (secondary N) is 1. The van der Waals surface area contributed by atoms with Gasteiger partial charge in [-0.3, -0.25) is 9.48 Å². The lowest BCUT2D eigenvalue weighted by atomic mass is 10.1. The largest absolute Gasteiger partial charge is 0.473 e. The van der Waals surface area contributed by atoms with E-state index < -0.39 is 0 Å². The number of aryl methyl sites for hydroxylation is 1. The number of aromatic nitrogens is 4. The van der Waals surface area contributed by atoms with E-state index in [0.29, 0.717) is 9.52 Å². The van der Waals surface area contributed by atoms with Crippen molar-refractivity contribution in [3.05, 3.63) is 27.9 Å². The molecule has 0 aliphatic carbocycles. The maximum atomic E-state index is 12.5. The highest BCUT2D eigenvalue weighted by atomic mass is 127. The van der Waals surface area contributed by atoms with E-state index in [-0.39, 0.29) is 36.0 Å². The molecule has 0 aromatic carbocycles. The smallest absolute Gasteiger partial charge is 0.281 e. The fourth-order valence-corrected chi connectivity index (χ4v) is 2.89. The summed E-state index contributed by atoms with van der Waals surface area (Å²) in [6.07, 6.45) is 5.22. The summed E-state index contributed by atoms with van der Waals surface area (Å²) >= 11 is 2.03. The second kappa shape index (κ2) is 8.77. The SMILES string of the molecule is CN1CCC(Oc2ncc(I)nc2C(=O)Nc2ccn(C)n2)CC1.Cl. The number of piperidine rings is 1. The van der Waals surface area contributed by atoms with Crippen molar-refractivity contribution in [1.82, 2.24) is 24.6 Å². The first kappa shape index (κ1) is 19.9. The second-order valence-electron chi connectivity index (χ2n) is 5.80. The molecule has 1 fully saturated rings. The highest BCUT2D eigenvalue weighted by Crippen LogP contribution is 2.21. The molecule has 1 saturated heterocycles. The number of nitrogens with zero attached hydrogens (tertiary/aromatic N) is 5. The first-order valence-corrected chi connectivity index (χ1v) is 8.78. The predicted octanol–water partition coefficient (Wildman–Crippen LogP) is 1.96. The number of anilines is 1. The number of hydrogen-bond acceptors (Lipinski definition) is 6. The van der Waals surface area contributed by atoms with E-state index >= 15 is 0 Å². The van der Waals surface area contributed by atoms with Gasteiger partial charge in [-0.15, -0.1) is 12.4 Å². The lowest BCUT2D eigenvalue weighted by Crippen LogP contribution is -2.36. The van der Waals surface area contributed by atoms with E-state index in [9.17, 15) is 4.79 Å². The van der Waals surface area contributed by atoms with Gasteiger partial charge in [0.1, 0.15) is 9.80 Å². The number of ether oxygens (including phenoxy) is 1. The van der Waals surface area contributed by atoms with Crippen molar-refractivity contribution in [2.24, 2.45) is 7.05 Å². The van der Waals surface area contributed by atoms with Crippen molar-refractivity contribution in [3.8, 4) is 5.88 Å². The van der Waals surface area contributed by atoms with Crippen LogP contribution in [0.1, 0.15) is 23.3 Å². The first-order valence-electron chi connectivity index (χ1n) is 7.70. The summed E-state index contributed by atoms with van der Waals surface area (Å²) in [5.74, 6) is 0.370. The third-order valence-corrected chi connectivity index (χ3v) is 4.34. The Balaban J connectivity index is 0.00000225. The van der Waals surface area contributed by atoms with Gasteiger partial charge in [0.05, 0.1) is 6.20 Å². The Kier molecular flexibility index (Phi) is 6.96. The van der Waals surface area contributed by atoms with Crippen LogP contribution >= 0.6 is 35.0 Å². The lowest BCUT2D eigenvalue weighted by molar-refractivity contribution is 0.0966. The van der Waals surface area contributed by atoms with Gasteiger partial charge in [0.15, 0.2) is 11.5 Å². The Bertz CT molecular complexity index is 733. The van der Waals surface area contributed by atoms with Crippen LogP contribution in [0, 0.1) is 3.70 Å². The number of halogens is 2. The lowest BCUT2D eigenvalue weighted by Gasteiger charge is -2.29. The molecule has 1 aliphatic heterocycles. The summed E-state index contributed by atoms with van der Waals surface area (Å²) in [7, 11) is 3.88. The minimum Gasteiger partial charge on any atom is -0.473 e. The van der Waals surface area contributed by atoms with Crippen LogP contribution in [0.5, 0.6) is 5.88 Å². The Hall–Kier alpha value is -1.46. The molecule has 136 valence electrons. The van der Waals surface area contributed by atoms with Gasteiger partial charge >= 0.3 is 0 Å². The molecule has 2 aromatic heterocycles. The van der Waals surface area contributed by atoms with Crippen molar-refractivity contribution >= 4 is 46.7 Å². The molecule has 3 rings (SSSR count). The van der Waals surface area contributed by atoms with Crippen LogP contribution in [0.15, 0.2) is 18.5 Å². The molecule has 1 aliphatic rings. The van der Waals surface area contributed by atoms with Gasteiger partial charge in [-0.25, -0.2) is 9.97 Å². The molecule has 0 unspecified atom stereocenters. The molecule has 1 amide bonds. The van der Waals surface area contributed by atoms with Gasteiger partial charge in [-0.1, -0.05) is 0 Å². The fourth-order valence-electron chi connectivity index (χ4n) is 2.51. The Morgan fingerprint density at radius 3 is 2.72 bits per heavy atom. The molecular formula is C15H20ClIN6O2. The summed E-state index contributed by atoms with van der Waals surface area (Å²) in [6, 6.07) is 1.72. The molecule has 8 nitrogen and oxygen atoms in total. The summed E-state index contributed by atoms with van der Waals surface area (Å²) < 4.78 is 8.21. The van der Waals surface area contributed by atoms with Crippen molar-refractivity contribution in [3.63, 3.8) is 0 Å². The molecular weight excluding hydrogens is 459 g/mol. The Morgan fingerprint density at radius 2 is 2.08 bits per heavy atom. The van der Waals surface area contributed by atoms with Gasteiger partial charge < -0.3 is 15.0 Å². The second-order valence-corrected chi connectivity index (χ2v) is 6.90. The zero-order valence-corrected chi connectivity index (χ0v) is 17.0. The topological polar surface area (TPSA) is 85.2 Å². The Morgan fingerprint density at radius 1 is 1.36 bits per heavy atom. The van der Waals surface area contributed by atoms with Gasteiger partial charge in [0, 0.05) is 32.4 Å². The van der Waals surface area contributed by atoms with Crippen molar-refractivity contribution in [1.29, 1.82) is 0 Å². The van der Waals surface area contributed by atoms with Crippen molar-refractivity contribution in [2.75, 3.05) is 25.5 Å². The number of amides is 1. The van der Waals surface area contributed by atoms with Crippen LogP contribution in [0.2, 0.25) is 0 Å². The van der Waals surface area contributed by atoms with Gasteiger partial charge in [0.2, 0.25) is 5.88 Å². The highest BCUT2D eigenvalue weighted by Gasteiger charge is 2.23. The van der Waals surface area contributed by atoms with Crippen LogP contribution in [-0.4, -0.2) is 56.8 Å². The molecule has 0 spiro atoms. The summed E-state index contributed by atoms with van der Waals surface area (Å²) in [5, 5.41) is 6.87. The minimum absolute atomic E-state index is 0. The molecule has 25 heavy (non-hydrogen) atoms. The first-order chi connectivity index (χ1) is 11.5. The molecule has 10 heteroatoms. The van der Waals surface area contributed by atoms with E-state index in [1.807, 2.05) is 22.6 Å². The highest BCUT2D eigenvalue weighted by molar-refractivity contribution is 14.1. The maximum absolute atomic E-state index is 12.5. The van der Waals surface area contributed by atoms with E-state index in [1.54, 1.807) is 30.2 Å². The number of carbonyl (C=O) groups excluding carboxylic acids is 1. The minimum atomic E-state index is -0.373. The van der Waals surface area contributed by atoms with Gasteiger partial charge in [0.25, 0.3) is 5.91 Å². The third kappa shape index (κ3) is 5.25. The van der Waals surface area contributed by atoms with E-state index in [0.717, 1.165) is 25.9 Å². The zero-order valence-electron chi connectivity index (χ0n) is 14.0. The van der Waals surface area contributed by atoms with Crippen molar-refractivity contribution in [2.45, 2.75) is 18.9 Å². The van der Waals surface area contributed by atoms with Crippen LogP contribution in [0.4, 0.5) is 5.82 Å². The third-order valence-electron chi connectivity index (χ3n) is 3.82. The standard InChI is InChI=1S/C15H19IN6O2.ClH/c1-21-6-3-10(4-7-21)24-15-13(18-11(16)9-17-15)14(23)19-12-5-8-22(2)20-12;/h5,8-10H,3-4,6-7H2,1-2H3,(H,19,20,23);1H. The Labute approximate surface area is 165 Å². The molecule has 0 saturated carbocycles. The molecule has 0 bridgehead atoms. The molecule has 1 N–H and O–H groups in total. The fraction of sp³-hybridized carbons (Fsp3) is 0.467. The summed E-state index contributed by atoms with van der Waals surface area (Å²) in [5.41, 5.74) is 0.187. The summed E-state index contributed by atoms with van der Waals surface area (Å²) in [4.78, 5) is 23.4. The molecule has 0 radical (unpaired) electrons. The van der Waals surface area contributed by atoms with Crippen LogP contribution in [-0.2, 0) is 7.05 Å².